The van der Waals surface area contributed by atoms with Crippen LogP contribution >= 0.6 is 23.2 Å². The Bertz CT molecular complexity index is 1540. The van der Waals surface area contributed by atoms with Crippen LogP contribution in [0.3, 0.4) is 0 Å². The van der Waals surface area contributed by atoms with Crippen LogP contribution in [0.5, 0.6) is 0 Å². The van der Waals surface area contributed by atoms with E-state index in [4.69, 9.17) is 23.2 Å². The highest BCUT2D eigenvalue weighted by molar-refractivity contribution is 7.92. The van der Waals surface area contributed by atoms with E-state index in [-0.39, 0.29) is 23.4 Å². The Morgan fingerprint density at radius 2 is 1.63 bits per heavy atom. The Balaban J connectivity index is 1.74. The van der Waals surface area contributed by atoms with Crippen molar-refractivity contribution in [3.63, 3.8) is 0 Å². The predicted molar refractivity (Wildman–Crippen MR) is 173 cm³/mol. The maximum atomic E-state index is 14.3. The van der Waals surface area contributed by atoms with Crippen LogP contribution in [0, 0.1) is 13.8 Å². The molecule has 0 bridgehead atoms. The molecule has 0 aliphatic heterocycles. The van der Waals surface area contributed by atoms with Gasteiger partial charge in [-0.25, -0.2) is 8.42 Å². The summed E-state index contributed by atoms with van der Waals surface area (Å²) in [6.45, 7) is 5.15. The van der Waals surface area contributed by atoms with Crippen molar-refractivity contribution in [3.05, 3.63) is 93.5 Å². The average Bonchev–Trinajstić information content (AvgIpc) is 3.00. The van der Waals surface area contributed by atoms with Gasteiger partial charge in [0, 0.05) is 12.6 Å². The van der Waals surface area contributed by atoms with Crippen LogP contribution in [-0.2, 0) is 26.2 Å². The zero-order chi connectivity index (χ0) is 31.1. The fourth-order valence-electron chi connectivity index (χ4n) is 5.54. The van der Waals surface area contributed by atoms with Crippen LogP contribution in [0.4, 0.5) is 5.69 Å². The summed E-state index contributed by atoms with van der Waals surface area (Å²) in [6.07, 6.45) is 5.40. The quantitative estimate of drug-likeness (QED) is 0.242. The Morgan fingerprint density at radius 3 is 2.28 bits per heavy atom. The van der Waals surface area contributed by atoms with E-state index in [9.17, 15) is 18.0 Å². The molecule has 0 spiro atoms. The third-order valence-corrected chi connectivity index (χ3v) is 10.6. The van der Waals surface area contributed by atoms with Gasteiger partial charge in [-0.3, -0.25) is 13.9 Å². The van der Waals surface area contributed by atoms with Gasteiger partial charge in [0.1, 0.15) is 12.6 Å². The van der Waals surface area contributed by atoms with Crippen LogP contribution < -0.4 is 9.62 Å². The molecule has 2 amide bonds. The van der Waals surface area contributed by atoms with Gasteiger partial charge in [-0.2, -0.15) is 0 Å². The summed E-state index contributed by atoms with van der Waals surface area (Å²) in [5, 5.41) is 3.86. The number of rotatable bonds is 11. The number of anilines is 1. The fraction of sp³-hybridized carbons (Fsp3) is 0.394. The van der Waals surface area contributed by atoms with Gasteiger partial charge in [0.05, 0.1) is 20.6 Å². The number of hydrogen-bond donors (Lipinski definition) is 1. The first-order valence-corrected chi connectivity index (χ1v) is 16.9. The smallest absolute Gasteiger partial charge is 0.264 e. The van der Waals surface area contributed by atoms with Gasteiger partial charge in [0.15, 0.2) is 0 Å². The second kappa shape index (κ2) is 14.6. The molecule has 0 aromatic heterocycles. The van der Waals surface area contributed by atoms with E-state index < -0.39 is 28.5 Å². The molecule has 0 unspecified atom stereocenters. The third-order valence-electron chi connectivity index (χ3n) is 8.13. The molecule has 1 aliphatic carbocycles. The zero-order valence-corrected chi connectivity index (χ0v) is 27.2. The summed E-state index contributed by atoms with van der Waals surface area (Å²) in [5.41, 5.74) is 2.72. The van der Waals surface area contributed by atoms with Crippen molar-refractivity contribution in [1.82, 2.24) is 10.2 Å². The fourth-order valence-corrected chi connectivity index (χ4v) is 7.35. The largest absolute Gasteiger partial charge is 0.352 e. The molecule has 1 saturated carbocycles. The molecule has 4 rings (SSSR count). The Morgan fingerprint density at radius 1 is 0.930 bits per heavy atom. The SMILES string of the molecule is CC[C@@H](C(=O)NC1CCCCC1)N(Cc1ccc(Cl)c(Cl)c1)C(=O)CN(c1cccc(C)c1C)S(=O)(=O)c1ccccc1. The first kappa shape index (κ1) is 32.8. The van der Waals surface area contributed by atoms with Crippen LogP contribution in [0.1, 0.15) is 62.1 Å². The monoisotopic (exact) mass is 643 g/mol. The van der Waals surface area contributed by atoms with Crippen molar-refractivity contribution in [2.45, 2.75) is 82.8 Å². The van der Waals surface area contributed by atoms with Gasteiger partial charge >= 0.3 is 0 Å². The van der Waals surface area contributed by atoms with E-state index in [1.54, 1.807) is 48.5 Å². The molecule has 7 nitrogen and oxygen atoms in total. The zero-order valence-electron chi connectivity index (χ0n) is 24.9. The van der Waals surface area contributed by atoms with Gasteiger partial charge in [-0.1, -0.05) is 85.8 Å². The Kier molecular flexibility index (Phi) is 11.2. The molecule has 43 heavy (non-hydrogen) atoms. The van der Waals surface area contributed by atoms with Crippen molar-refractivity contribution in [2.24, 2.45) is 0 Å². The molecule has 1 fully saturated rings. The van der Waals surface area contributed by atoms with Gasteiger partial charge in [-0.05, 0) is 80.1 Å². The van der Waals surface area contributed by atoms with E-state index in [0.29, 0.717) is 27.7 Å². The van der Waals surface area contributed by atoms with E-state index in [2.05, 4.69) is 5.32 Å². The first-order valence-electron chi connectivity index (χ1n) is 14.7. The maximum Gasteiger partial charge on any atom is 0.264 e. The van der Waals surface area contributed by atoms with Gasteiger partial charge in [-0.15, -0.1) is 0 Å². The highest BCUT2D eigenvalue weighted by Gasteiger charge is 2.35. The molecule has 1 atom stereocenters. The van der Waals surface area contributed by atoms with Crippen LogP contribution in [0.25, 0.3) is 0 Å². The van der Waals surface area contributed by atoms with E-state index in [1.165, 1.54) is 17.0 Å². The number of aryl methyl sites for hydroxylation is 1. The summed E-state index contributed by atoms with van der Waals surface area (Å²) >= 11 is 12.5. The van der Waals surface area contributed by atoms with Crippen LogP contribution in [0.2, 0.25) is 10.0 Å². The predicted octanol–water partition coefficient (Wildman–Crippen LogP) is 7.06. The lowest BCUT2D eigenvalue weighted by molar-refractivity contribution is -0.140. The molecule has 0 heterocycles. The minimum absolute atomic E-state index is 0.0539. The normalized spacial score (nSPS) is 14.6. The van der Waals surface area contributed by atoms with Crippen molar-refractivity contribution < 1.29 is 18.0 Å². The lowest BCUT2D eigenvalue weighted by atomic mass is 9.95. The summed E-state index contributed by atoms with van der Waals surface area (Å²) in [4.78, 5) is 29.6. The average molecular weight is 645 g/mol. The highest BCUT2D eigenvalue weighted by Crippen LogP contribution is 2.30. The summed E-state index contributed by atoms with van der Waals surface area (Å²) in [5.74, 6) is -0.746. The minimum atomic E-state index is -4.14. The van der Waals surface area contributed by atoms with E-state index in [0.717, 1.165) is 47.5 Å². The number of amides is 2. The maximum absolute atomic E-state index is 14.3. The molecule has 10 heteroatoms. The topological polar surface area (TPSA) is 86.8 Å². The standard InChI is InChI=1S/C33H39Cl2N3O4S/c1-4-30(33(40)36-26-13-7-5-8-14-26)37(21-25-18-19-28(34)29(35)20-25)32(39)22-38(31-17-11-12-23(2)24(31)3)43(41,42)27-15-9-6-10-16-27/h6,9-12,15-20,26,30H,4-5,7-8,13-14,21-22H2,1-3H3,(H,36,40)/t30-/m0/s1. The molecule has 230 valence electrons. The highest BCUT2D eigenvalue weighted by atomic mass is 35.5. The van der Waals surface area contributed by atoms with Crippen LogP contribution in [0.15, 0.2) is 71.6 Å². The first-order chi connectivity index (χ1) is 20.5. The van der Waals surface area contributed by atoms with Crippen molar-refractivity contribution in [3.8, 4) is 0 Å². The van der Waals surface area contributed by atoms with E-state index in [1.807, 2.05) is 26.8 Å². The summed E-state index contributed by atoms with van der Waals surface area (Å²) in [7, 11) is -4.14. The molecular weight excluding hydrogens is 605 g/mol. The van der Waals surface area contributed by atoms with Crippen LogP contribution in [-0.4, -0.2) is 43.8 Å². The molecule has 3 aromatic rings. The molecular formula is C33H39Cl2N3O4S. The Labute approximate surface area is 265 Å². The second-order valence-electron chi connectivity index (χ2n) is 11.1. The number of halogens is 2. The molecule has 1 N–H and O–H groups in total. The molecule has 0 radical (unpaired) electrons. The van der Waals surface area contributed by atoms with Crippen molar-refractivity contribution in [1.29, 1.82) is 0 Å². The molecule has 1 aliphatic rings. The minimum Gasteiger partial charge on any atom is -0.352 e. The third kappa shape index (κ3) is 7.91. The van der Waals surface area contributed by atoms with Gasteiger partial charge in [0.25, 0.3) is 10.0 Å². The van der Waals surface area contributed by atoms with E-state index >= 15 is 0 Å². The molecule has 0 saturated heterocycles. The van der Waals surface area contributed by atoms with Crippen molar-refractivity contribution in [2.75, 3.05) is 10.8 Å². The number of nitrogens with zero attached hydrogens (tertiary/aromatic N) is 2. The summed E-state index contributed by atoms with van der Waals surface area (Å²) < 4.78 is 29.3. The molecule has 3 aromatic carbocycles. The number of nitrogens with one attached hydrogen (secondary N) is 1. The second-order valence-corrected chi connectivity index (χ2v) is 13.8. The van der Waals surface area contributed by atoms with Crippen molar-refractivity contribution >= 4 is 50.7 Å². The van der Waals surface area contributed by atoms with Gasteiger partial charge in [0.2, 0.25) is 11.8 Å². The number of sulfonamides is 1. The summed E-state index contributed by atoms with van der Waals surface area (Å²) in [6, 6.07) is 17.7. The number of hydrogen-bond acceptors (Lipinski definition) is 4. The number of benzene rings is 3. The Hall–Kier alpha value is -3.07. The van der Waals surface area contributed by atoms with Gasteiger partial charge < -0.3 is 10.2 Å². The lowest BCUT2D eigenvalue weighted by Crippen LogP contribution is -2.54. The number of carbonyl (C=O) groups is 2. The number of carbonyl (C=O) groups excluding carboxylic acids is 2. The lowest BCUT2D eigenvalue weighted by Gasteiger charge is -2.35.